The van der Waals surface area contributed by atoms with Crippen LogP contribution in [0.4, 0.5) is 10.1 Å². The van der Waals surface area contributed by atoms with E-state index < -0.39 is 21.8 Å². The zero-order valence-electron chi connectivity index (χ0n) is 13.8. The lowest BCUT2D eigenvalue weighted by Crippen LogP contribution is -2.34. The number of para-hydroxylation sites is 1. The third-order valence-electron chi connectivity index (χ3n) is 3.57. The van der Waals surface area contributed by atoms with Gasteiger partial charge in [-0.05, 0) is 48.5 Å². The highest BCUT2D eigenvalue weighted by molar-refractivity contribution is 7.92. The summed E-state index contributed by atoms with van der Waals surface area (Å²) in [5.74, 6) is -1.58. The van der Waals surface area contributed by atoms with Crippen molar-refractivity contribution >= 4 is 21.7 Å². The van der Waals surface area contributed by atoms with Gasteiger partial charge in [-0.25, -0.2) is 9.18 Å². The monoisotopic (exact) mass is 387 g/mol. The maximum atomic E-state index is 13.7. The second kappa shape index (κ2) is 7.46. The number of carbonyl (C=O) groups is 1. The molecule has 0 spiro atoms. The summed E-state index contributed by atoms with van der Waals surface area (Å²) in [6, 6.07) is 17.7. The molecule has 3 aromatic carbocycles. The minimum Gasteiger partial charge on any atom is -0.478 e. The molecule has 0 aliphatic heterocycles. The second-order valence-electron chi connectivity index (χ2n) is 5.45. The molecule has 0 aliphatic rings. The van der Waals surface area contributed by atoms with E-state index in [2.05, 4.69) is 0 Å². The van der Waals surface area contributed by atoms with Gasteiger partial charge in [0.05, 0.1) is 16.1 Å². The molecule has 0 aromatic heterocycles. The van der Waals surface area contributed by atoms with Crippen LogP contribution in [0.15, 0.2) is 83.8 Å². The molecule has 0 aliphatic carbocycles. The average Bonchev–Trinajstić information content (AvgIpc) is 2.67. The fourth-order valence-corrected chi connectivity index (χ4v) is 3.52. The highest BCUT2D eigenvalue weighted by Gasteiger charge is 2.28. The molecule has 138 valence electrons. The molecule has 0 saturated heterocycles. The van der Waals surface area contributed by atoms with E-state index in [1.54, 1.807) is 30.3 Å². The Balaban J connectivity index is 2.06. The lowest BCUT2D eigenvalue weighted by molar-refractivity contribution is 0.0696. The van der Waals surface area contributed by atoms with E-state index in [1.807, 2.05) is 0 Å². The van der Waals surface area contributed by atoms with Crippen molar-refractivity contribution in [3.63, 3.8) is 0 Å². The van der Waals surface area contributed by atoms with Crippen LogP contribution in [0.3, 0.4) is 0 Å². The number of benzene rings is 3. The van der Waals surface area contributed by atoms with Gasteiger partial charge in [0.1, 0.15) is 5.82 Å². The summed E-state index contributed by atoms with van der Waals surface area (Å²) in [5.41, 5.74) is -0.101. The minimum absolute atomic E-state index is 0.0406. The summed E-state index contributed by atoms with van der Waals surface area (Å²) >= 11 is 0. The third kappa shape index (κ3) is 4.06. The van der Waals surface area contributed by atoms with Crippen LogP contribution in [-0.2, 0) is 10.0 Å². The predicted octanol–water partition coefficient (Wildman–Crippen LogP) is 3.71. The van der Waals surface area contributed by atoms with Crippen LogP contribution in [-0.4, -0.2) is 19.5 Å². The molecule has 27 heavy (non-hydrogen) atoms. The van der Waals surface area contributed by atoms with Gasteiger partial charge < -0.3 is 9.94 Å². The number of carboxylic acid groups (broad SMARTS) is 1. The summed E-state index contributed by atoms with van der Waals surface area (Å²) in [6.45, 7) is 0. The molecular weight excluding hydrogens is 373 g/mol. The Kier molecular flexibility index (Phi) is 5.09. The molecule has 0 fully saturated rings. The van der Waals surface area contributed by atoms with Crippen LogP contribution in [0.25, 0.3) is 0 Å². The fraction of sp³-hybridized carbons (Fsp3) is 0. The Morgan fingerprint density at radius 3 is 2.19 bits per heavy atom. The molecule has 6 nitrogen and oxygen atoms in total. The lowest BCUT2D eigenvalue weighted by Gasteiger charge is -2.24. The largest absolute Gasteiger partial charge is 0.478 e. The van der Waals surface area contributed by atoms with E-state index in [-0.39, 0.29) is 21.9 Å². The van der Waals surface area contributed by atoms with Crippen molar-refractivity contribution in [3.8, 4) is 5.75 Å². The molecular formula is C19H14FNO5S. The second-order valence-corrected chi connectivity index (χ2v) is 7.20. The standard InChI is InChI=1S/C19H14FNO5S/c20-15-5-4-6-16(13-15)21(26-17-7-2-1-3-8-17)27(24,25)18-11-9-14(10-12-18)19(22)23/h1-13H,(H,22,23). The van der Waals surface area contributed by atoms with Crippen LogP contribution in [0.5, 0.6) is 5.75 Å². The zero-order valence-corrected chi connectivity index (χ0v) is 14.6. The molecule has 1 N–H and O–H groups in total. The van der Waals surface area contributed by atoms with Gasteiger partial charge in [0.15, 0.2) is 5.75 Å². The van der Waals surface area contributed by atoms with Gasteiger partial charge in [0.25, 0.3) is 10.0 Å². The SMILES string of the molecule is O=C(O)c1ccc(S(=O)(=O)N(Oc2ccccc2)c2cccc(F)c2)cc1. The van der Waals surface area contributed by atoms with Crippen molar-refractivity contribution in [2.75, 3.05) is 4.47 Å². The van der Waals surface area contributed by atoms with E-state index in [1.165, 1.54) is 30.3 Å². The average molecular weight is 387 g/mol. The Morgan fingerprint density at radius 2 is 1.59 bits per heavy atom. The number of aromatic carboxylic acids is 1. The van der Waals surface area contributed by atoms with E-state index in [0.29, 0.717) is 4.47 Å². The van der Waals surface area contributed by atoms with Crippen LogP contribution in [0.1, 0.15) is 10.4 Å². The summed E-state index contributed by atoms with van der Waals surface area (Å²) in [4.78, 5) is 16.3. The van der Waals surface area contributed by atoms with Crippen LogP contribution in [0, 0.1) is 5.82 Å². The molecule has 0 unspecified atom stereocenters. The topological polar surface area (TPSA) is 83.9 Å². The molecule has 8 heteroatoms. The van der Waals surface area contributed by atoms with Gasteiger partial charge in [-0.2, -0.15) is 8.42 Å². The highest BCUT2D eigenvalue weighted by atomic mass is 32.2. The minimum atomic E-state index is -4.26. The zero-order chi connectivity index (χ0) is 19.4. The number of hydrogen-bond donors (Lipinski definition) is 1. The molecule has 0 bridgehead atoms. The summed E-state index contributed by atoms with van der Waals surface area (Å²) in [7, 11) is -4.26. The van der Waals surface area contributed by atoms with Gasteiger partial charge >= 0.3 is 5.97 Å². The Hall–Kier alpha value is -3.39. The first-order chi connectivity index (χ1) is 12.9. The number of carboxylic acids is 1. The molecule has 3 rings (SSSR count). The molecule has 0 amide bonds. The van der Waals surface area contributed by atoms with Crippen molar-refractivity contribution in [1.82, 2.24) is 0 Å². The first kappa shape index (κ1) is 18.4. The number of rotatable bonds is 6. The quantitative estimate of drug-likeness (QED) is 0.652. The summed E-state index contributed by atoms with van der Waals surface area (Å²) in [6.07, 6.45) is 0. The van der Waals surface area contributed by atoms with Gasteiger partial charge in [-0.3, -0.25) is 0 Å². The maximum absolute atomic E-state index is 13.7. The smallest absolute Gasteiger partial charge is 0.335 e. The van der Waals surface area contributed by atoms with E-state index in [0.717, 1.165) is 18.2 Å². The lowest BCUT2D eigenvalue weighted by atomic mass is 10.2. The van der Waals surface area contributed by atoms with E-state index >= 15 is 0 Å². The summed E-state index contributed by atoms with van der Waals surface area (Å²) < 4.78 is 40.4. The molecule has 0 radical (unpaired) electrons. The van der Waals surface area contributed by atoms with Gasteiger partial charge in [0, 0.05) is 6.07 Å². The van der Waals surface area contributed by atoms with Crippen LogP contribution >= 0.6 is 0 Å². The number of sulfonamides is 1. The predicted molar refractivity (Wildman–Crippen MR) is 96.5 cm³/mol. The van der Waals surface area contributed by atoms with Crippen molar-refractivity contribution < 1.29 is 27.5 Å². The first-order valence-electron chi connectivity index (χ1n) is 7.75. The maximum Gasteiger partial charge on any atom is 0.335 e. The molecule has 3 aromatic rings. The number of nitrogens with zero attached hydrogens (tertiary/aromatic N) is 1. The van der Waals surface area contributed by atoms with Gasteiger partial charge in [-0.15, -0.1) is 0 Å². The molecule has 0 heterocycles. The Morgan fingerprint density at radius 1 is 0.926 bits per heavy atom. The van der Waals surface area contributed by atoms with E-state index in [9.17, 15) is 17.6 Å². The van der Waals surface area contributed by atoms with Gasteiger partial charge in [0.2, 0.25) is 0 Å². The molecule has 0 saturated carbocycles. The number of halogens is 1. The van der Waals surface area contributed by atoms with E-state index in [4.69, 9.17) is 9.94 Å². The normalized spacial score (nSPS) is 11.0. The number of hydrogen-bond acceptors (Lipinski definition) is 4. The van der Waals surface area contributed by atoms with Crippen molar-refractivity contribution in [2.45, 2.75) is 4.90 Å². The Labute approximate surface area is 155 Å². The van der Waals surface area contributed by atoms with Crippen molar-refractivity contribution in [3.05, 3.63) is 90.2 Å². The first-order valence-corrected chi connectivity index (χ1v) is 9.19. The molecule has 0 atom stereocenters. The Bertz CT molecular complexity index is 1050. The van der Waals surface area contributed by atoms with Gasteiger partial charge in [-0.1, -0.05) is 28.7 Å². The fourth-order valence-electron chi connectivity index (χ4n) is 2.27. The number of anilines is 1. The summed E-state index contributed by atoms with van der Waals surface area (Å²) in [5, 5.41) is 8.96. The van der Waals surface area contributed by atoms with Crippen LogP contribution in [0.2, 0.25) is 0 Å². The van der Waals surface area contributed by atoms with Crippen molar-refractivity contribution in [1.29, 1.82) is 0 Å². The third-order valence-corrected chi connectivity index (χ3v) is 5.16. The highest BCUT2D eigenvalue weighted by Crippen LogP contribution is 2.26. The van der Waals surface area contributed by atoms with Crippen LogP contribution < -0.4 is 9.31 Å². The van der Waals surface area contributed by atoms with Crippen molar-refractivity contribution in [2.24, 2.45) is 0 Å².